The fraction of sp³-hybridized carbons (Fsp3) is 0.471. The van der Waals surface area contributed by atoms with Gasteiger partial charge in [0.25, 0.3) is 0 Å². The molecule has 3 unspecified atom stereocenters. The van der Waals surface area contributed by atoms with E-state index in [1.54, 1.807) is 18.7 Å². The first-order valence-corrected chi connectivity index (χ1v) is 22.4. The Hall–Kier alpha value is -4.88. The molecule has 63 heavy (non-hydrogen) atoms. The number of hydrogen-bond acceptors (Lipinski definition) is 8. The highest BCUT2D eigenvalue weighted by molar-refractivity contribution is 6.13. The third-order valence-corrected chi connectivity index (χ3v) is 13.6. The van der Waals surface area contributed by atoms with E-state index in [0.29, 0.717) is 50.3 Å². The van der Waals surface area contributed by atoms with Gasteiger partial charge in [-0.2, -0.15) is 13.2 Å². The number of carbonyl (C=O) groups excluding carboxylic acids is 2. The number of nitrogens with one attached hydrogen (secondary N) is 1. The van der Waals surface area contributed by atoms with E-state index in [-0.39, 0.29) is 37.1 Å². The maximum atomic E-state index is 13.6. The molecule has 3 fully saturated rings. The van der Waals surface area contributed by atoms with Gasteiger partial charge in [-0.05, 0) is 100 Å². The Morgan fingerprint density at radius 1 is 0.794 bits per heavy atom. The summed E-state index contributed by atoms with van der Waals surface area (Å²) < 4.78 is 50.5. The Balaban J connectivity index is 0.000000189. The molecule has 4 aromatic rings. The molecule has 9 nitrogen and oxygen atoms in total. The summed E-state index contributed by atoms with van der Waals surface area (Å²) in [4.78, 5) is 33.4. The number of nitrogens with zero attached hydrogens (tertiary/aromatic N) is 2. The van der Waals surface area contributed by atoms with Crippen LogP contribution in [0.2, 0.25) is 0 Å². The predicted octanol–water partition coefficient (Wildman–Crippen LogP) is 8.47. The smallest absolute Gasteiger partial charge is 0.416 e. The lowest BCUT2D eigenvalue weighted by Crippen LogP contribution is -2.51. The Morgan fingerprint density at radius 2 is 1.40 bits per heavy atom. The molecule has 4 aliphatic rings. The van der Waals surface area contributed by atoms with Crippen molar-refractivity contribution in [3.63, 3.8) is 0 Å². The summed E-state index contributed by atoms with van der Waals surface area (Å²) in [6, 6.07) is 34.1. The van der Waals surface area contributed by atoms with Gasteiger partial charge in [-0.1, -0.05) is 97.1 Å². The molecule has 3 N–H and O–H groups in total. The fourth-order valence-corrected chi connectivity index (χ4v) is 9.84. The first-order chi connectivity index (χ1) is 30.3. The number of aliphatic hydroxyl groups is 2. The number of rotatable bonds is 11. The second-order valence-electron chi connectivity index (χ2n) is 17.8. The minimum Gasteiger partial charge on any atom is -0.460 e. The number of amides is 1. The van der Waals surface area contributed by atoms with Gasteiger partial charge in [0.15, 0.2) is 0 Å². The third-order valence-electron chi connectivity index (χ3n) is 13.6. The van der Waals surface area contributed by atoms with Crippen LogP contribution in [-0.2, 0) is 44.8 Å². The molecule has 1 amide bonds. The predicted molar refractivity (Wildman–Crippen MR) is 236 cm³/mol. The Morgan fingerprint density at radius 3 is 2.00 bits per heavy atom. The van der Waals surface area contributed by atoms with Gasteiger partial charge < -0.3 is 29.9 Å². The van der Waals surface area contributed by atoms with Crippen LogP contribution in [0, 0.1) is 10.8 Å². The number of benzene rings is 4. The highest BCUT2D eigenvalue weighted by Gasteiger charge is 2.52. The lowest BCUT2D eigenvalue weighted by Gasteiger charge is -2.39. The Bertz CT molecular complexity index is 2120. The van der Waals surface area contributed by atoms with Gasteiger partial charge in [0.05, 0.1) is 40.4 Å². The van der Waals surface area contributed by atoms with Crippen LogP contribution >= 0.6 is 0 Å². The average molecular weight is 868 g/mol. The van der Waals surface area contributed by atoms with Crippen LogP contribution in [0.15, 0.2) is 114 Å². The van der Waals surface area contributed by atoms with Crippen molar-refractivity contribution >= 4 is 17.6 Å². The molecule has 0 spiro atoms. The Labute approximate surface area is 368 Å². The number of halogens is 3. The van der Waals surface area contributed by atoms with Gasteiger partial charge in [0.1, 0.15) is 6.61 Å². The van der Waals surface area contributed by atoms with Crippen molar-refractivity contribution in [3.05, 3.63) is 143 Å². The summed E-state index contributed by atoms with van der Waals surface area (Å²) in [5.41, 5.74) is 2.83. The molecular formula is C51H60F3N3O6. The number of alkyl halides is 3. The molecule has 0 radical (unpaired) electrons. The molecule has 6 atom stereocenters. The number of aliphatic imine (C=N–C) groups is 1. The summed E-state index contributed by atoms with van der Waals surface area (Å²) in [7, 11) is 0. The normalized spacial score (nSPS) is 24.7. The van der Waals surface area contributed by atoms with Gasteiger partial charge >= 0.3 is 12.1 Å². The fourth-order valence-electron chi connectivity index (χ4n) is 9.84. The zero-order valence-electron chi connectivity index (χ0n) is 36.2. The van der Waals surface area contributed by atoms with Gasteiger partial charge in [-0.3, -0.25) is 14.6 Å². The van der Waals surface area contributed by atoms with Gasteiger partial charge in [0, 0.05) is 49.5 Å². The second-order valence-corrected chi connectivity index (χ2v) is 17.8. The number of hydrogen-bond donors (Lipinski definition) is 3. The molecule has 2 aliphatic heterocycles. The summed E-state index contributed by atoms with van der Waals surface area (Å²) in [5.74, 6) is -0.475. The molecule has 0 bridgehead atoms. The molecule has 0 aromatic heterocycles. The molecule has 4 aromatic carbocycles. The summed E-state index contributed by atoms with van der Waals surface area (Å²) >= 11 is 0. The zero-order valence-corrected chi connectivity index (χ0v) is 36.2. The van der Waals surface area contributed by atoms with Crippen molar-refractivity contribution < 1.29 is 42.4 Å². The number of aliphatic hydroxyl groups excluding tert-OH is 2. The molecule has 2 heterocycles. The Kier molecular flexibility index (Phi) is 14.9. The van der Waals surface area contributed by atoms with Crippen LogP contribution in [0.1, 0.15) is 98.6 Å². The van der Waals surface area contributed by atoms with Crippen LogP contribution in [0.4, 0.5) is 13.2 Å². The summed E-state index contributed by atoms with van der Waals surface area (Å²) in [6.07, 6.45) is 0.0779. The van der Waals surface area contributed by atoms with E-state index in [1.807, 2.05) is 66.7 Å². The summed E-state index contributed by atoms with van der Waals surface area (Å²) in [6.45, 7) is 5.64. The van der Waals surface area contributed by atoms with E-state index < -0.39 is 34.8 Å². The molecule has 2 saturated carbocycles. The van der Waals surface area contributed by atoms with Crippen molar-refractivity contribution in [1.82, 2.24) is 10.2 Å². The molecule has 336 valence electrons. The maximum Gasteiger partial charge on any atom is 0.416 e. The third kappa shape index (κ3) is 10.9. The van der Waals surface area contributed by atoms with E-state index in [0.717, 1.165) is 79.0 Å². The van der Waals surface area contributed by atoms with Crippen molar-refractivity contribution in [2.75, 3.05) is 19.8 Å². The highest BCUT2D eigenvalue weighted by Crippen LogP contribution is 2.46. The van der Waals surface area contributed by atoms with Gasteiger partial charge in [0.2, 0.25) is 5.91 Å². The number of ether oxygens (including phenoxy) is 2. The number of fused-ring (bicyclic) bond motifs is 1. The quantitative estimate of drug-likeness (QED) is 0.102. The van der Waals surface area contributed by atoms with Crippen LogP contribution in [0.25, 0.3) is 0 Å². The topological polar surface area (TPSA) is 121 Å². The zero-order chi connectivity index (χ0) is 44.6. The van der Waals surface area contributed by atoms with Crippen LogP contribution in [0.3, 0.4) is 0 Å². The lowest BCUT2D eigenvalue weighted by molar-refractivity contribution is -0.164. The van der Waals surface area contributed by atoms with E-state index in [9.17, 15) is 33.0 Å². The maximum absolute atomic E-state index is 13.6. The van der Waals surface area contributed by atoms with E-state index in [4.69, 9.17) is 14.5 Å². The van der Waals surface area contributed by atoms with Crippen LogP contribution < -0.4 is 5.32 Å². The standard InChI is InChI=1S/C28H29NO3.C23H31F3N2O3/c1-21(30)28(27(31)32-20-22-11-5-2-6-12-22)18-17-25(19-28)29-26(23-13-7-3-8-14-23)24-15-9-4-10-16-24;1-15(29)22(8-4-20(13-22)27-19-6-10-31-11-7-19)21(30)28-9-5-16-2-3-18(23(24,25)26)12-17(16)14-28/h2-16,21,25,30H,17-20H2,1H3;2-3,12,15,19-20,27,29H,4-11,13-14H2,1H3/t21?,25-,28?;15?,20-,22+/m11/s1. The van der Waals surface area contributed by atoms with Gasteiger partial charge in [-0.15, -0.1) is 0 Å². The largest absolute Gasteiger partial charge is 0.460 e. The number of esters is 1. The van der Waals surface area contributed by atoms with E-state index in [1.165, 1.54) is 6.07 Å². The van der Waals surface area contributed by atoms with Crippen molar-refractivity contribution in [3.8, 4) is 0 Å². The minimum atomic E-state index is -4.41. The average Bonchev–Trinajstić information content (AvgIpc) is 3.94. The first kappa shape index (κ1) is 46.1. The van der Waals surface area contributed by atoms with Crippen LogP contribution in [-0.4, -0.2) is 82.8 Å². The van der Waals surface area contributed by atoms with E-state index >= 15 is 0 Å². The SMILES string of the molecule is CC(O)C1(C(=O)OCc2ccccc2)CC[C@@H](N=C(c2ccccc2)c2ccccc2)C1.CC(O)[C@]1(C(=O)N2CCc3ccc(C(F)(F)F)cc3C2)CC[C@@H](NC2CCOCC2)C1. The highest BCUT2D eigenvalue weighted by atomic mass is 19.4. The van der Waals surface area contributed by atoms with Crippen LogP contribution in [0.5, 0.6) is 0 Å². The molecule has 2 aliphatic carbocycles. The lowest BCUT2D eigenvalue weighted by atomic mass is 9.78. The van der Waals surface area contributed by atoms with Crippen molar-refractivity contribution in [2.24, 2.45) is 15.8 Å². The van der Waals surface area contributed by atoms with Crippen molar-refractivity contribution in [2.45, 2.75) is 121 Å². The van der Waals surface area contributed by atoms with E-state index in [2.05, 4.69) is 29.6 Å². The molecule has 1 saturated heterocycles. The monoisotopic (exact) mass is 867 g/mol. The molecular weight excluding hydrogens is 808 g/mol. The van der Waals surface area contributed by atoms with Crippen molar-refractivity contribution in [1.29, 1.82) is 0 Å². The molecule has 8 rings (SSSR count). The molecule has 12 heteroatoms. The number of carbonyl (C=O) groups is 2. The summed E-state index contributed by atoms with van der Waals surface area (Å²) in [5, 5.41) is 24.9. The first-order valence-electron chi connectivity index (χ1n) is 22.4. The minimum absolute atomic E-state index is 0.0655. The van der Waals surface area contributed by atoms with Gasteiger partial charge in [-0.25, -0.2) is 0 Å². The second kappa shape index (κ2) is 20.3.